The number of piperidine rings is 1. The highest BCUT2D eigenvalue weighted by Crippen LogP contribution is 2.23. The zero-order valence-corrected chi connectivity index (χ0v) is 17.8. The van der Waals surface area contributed by atoms with Crippen LogP contribution in [0.15, 0.2) is 23.1 Å². The lowest BCUT2D eigenvalue weighted by Gasteiger charge is -2.32. The van der Waals surface area contributed by atoms with Gasteiger partial charge < -0.3 is 10.2 Å². The summed E-state index contributed by atoms with van der Waals surface area (Å²) in [5, 5.41) is 3.37. The first-order valence-corrected chi connectivity index (χ1v) is 11.4. The van der Waals surface area contributed by atoms with E-state index in [1.165, 1.54) is 4.31 Å². The first kappa shape index (κ1) is 21.9. The molecule has 0 bridgehead atoms. The molecule has 6 nitrogen and oxygen atoms in total. The predicted molar refractivity (Wildman–Crippen MR) is 108 cm³/mol. The number of carbonyl (C=O) groups excluding carboxylic acids is 1. The summed E-state index contributed by atoms with van der Waals surface area (Å²) < 4.78 is 27.0. The lowest BCUT2D eigenvalue weighted by molar-refractivity contribution is 0.0689. The number of likely N-dealkylation sites (tertiary alicyclic amines) is 1. The Morgan fingerprint density at radius 3 is 2.37 bits per heavy atom. The highest BCUT2D eigenvalue weighted by atomic mass is 32.2. The van der Waals surface area contributed by atoms with E-state index in [1.807, 2.05) is 25.7 Å². The Kier molecular flexibility index (Phi) is 7.82. The van der Waals surface area contributed by atoms with Gasteiger partial charge in [-0.1, -0.05) is 26.8 Å². The van der Waals surface area contributed by atoms with Gasteiger partial charge in [-0.05, 0) is 56.5 Å². The second-order valence-corrected chi connectivity index (χ2v) is 9.05. The third-order valence-corrected chi connectivity index (χ3v) is 7.41. The predicted octanol–water partition coefficient (Wildman–Crippen LogP) is 2.49. The van der Waals surface area contributed by atoms with Crippen molar-refractivity contribution in [1.29, 1.82) is 0 Å². The van der Waals surface area contributed by atoms with Gasteiger partial charge in [-0.15, -0.1) is 0 Å². The molecule has 1 aliphatic heterocycles. The van der Waals surface area contributed by atoms with Crippen molar-refractivity contribution in [3.05, 3.63) is 29.3 Å². The van der Waals surface area contributed by atoms with E-state index >= 15 is 0 Å². The smallest absolute Gasteiger partial charge is 0.254 e. The summed E-state index contributed by atoms with van der Waals surface area (Å²) in [6.07, 6.45) is 1.96. The molecule has 0 spiro atoms. The molecule has 0 aromatic heterocycles. The summed E-state index contributed by atoms with van der Waals surface area (Å²) >= 11 is 0. The fraction of sp³-hybridized carbons (Fsp3) is 0.650. The molecule has 7 heteroatoms. The average Bonchev–Trinajstić information content (AvgIpc) is 2.67. The minimum Gasteiger partial charge on any atom is -0.339 e. The van der Waals surface area contributed by atoms with E-state index in [2.05, 4.69) is 12.2 Å². The molecular formula is C20H33N3O3S. The molecule has 0 saturated carbocycles. The molecule has 1 amide bonds. The number of amides is 1. The van der Waals surface area contributed by atoms with E-state index in [1.54, 1.807) is 18.2 Å². The molecule has 0 radical (unpaired) electrons. The molecule has 0 atom stereocenters. The van der Waals surface area contributed by atoms with Gasteiger partial charge in [0.25, 0.3) is 5.91 Å². The highest BCUT2D eigenvalue weighted by Gasteiger charge is 2.27. The SMILES string of the molecule is CCNCC1CCN(C(=O)c2cc(S(=O)(=O)N(CC)CC)ccc2C)CC1. The van der Waals surface area contributed by atoms with Crippen molar-refractivity contribution in [1.82, 2.24) is 14.5 Å². The third kappa shape index (κ3) is 5.09. The number of hydrogen-bond acceptors (Lipinski definition) is 4. The van der Waals surface area contributed by atoms with Gasteiger partial charge in [-0.3, -0.25) is 4.79 Å². The zero-order chi connectivity index (χ0) is 20.0. The largest absolute Gasteiger partial charge is 0.339 e. The topological polar surface area (TPSA) is 69.7 Å². The lowest BCUT2D eigenvalue weighted by Crippen LogP contribution is -2.41. The van der Waals surface area contributed by atoms with Gasteiger partial charge in [-0.25, -0.2) is 8.42 Å². The third-order valence-electron chi connectivity index (χ3n) is 5.37. The van der Waals surface area contributed by atoms with Crippen LogP contribution in [-0.2, 0) is 10.0 Å². The maximum atomic E-state index is 13.0. The Balaban J connectivity index is 2.18. The summed E-state index contributed by atoms with van der Waals surface area (Å²) in [7, 11) is -3.57. The normalized spacial score (nSPS) is 16.1. The first-order valence-electron chi connectivity index (χ1n) is 9.95. The number of rotatable bonds is 8. The number of sulfonamides is 1. The number of hydrogen-bond donors (Lipinski definition) is 1. The van der Waals surface area contributed by atoms with Crippen molar-refractivity contribution in [3.63, 3.8) is 0 Å². The quantitative estimate of drug-likeness (QED) is 0.734. The Morgan fingerprint density at radius 1 is 1.19 bits per heavy atom. The van der Waals surface area contributed by atoms with Gasteiger partial charge in [0.05, 0.1) is 4.90 Å². The van der Waals surface area contributed by atoms with Crippen LogP contribution in [-0.4, -0.2) is 62.8 Å². The molecule has 0 aliphatic carbocycles. The van der Waals surface area contributed by atoms with E-state index in [-0.39, 0.29) is 10.8 Å². The van der Waals surface area contributed by atoms with Gasteiger partial charge in [0, 0.05) is 31.7 Å². The molecule has 1 saturated heterocycles. The molecule has 27 heavy (non-hydrogen) atoms. The minimum absolute atomic E-state index is 0.0639. The van der Waals surface area contributed by atoms with Crippen LogP contribution >= 0.6 is 0 Å². The summed E-state index contributed by atoms with van der Waals surface area (Å²) in [6, 6.07) is 4.89. The van der Waals surface area contributed by atoms with Crippen LogP contribution in [0.5, 0.6) is 0 Å². The molecule has 1 aromatic carbocycles. The molecule has 2 rings (SSSR count). The Hall–Kier alpha value is -1.44. The maximum Gasteiger partial charge on any atom is 0.254 e. The summed E-state index contributed by atoms with van der Waals surface area (Å²) in [5.41, 5.74) is 1.31. The maximum absolute atomic E-state index is 13.0. The fourth-order valence-electron chi connectivity index (χ4n) is 3.56. The van der Waals surface area contributed by atoms with Crippen molar-refractivity contribution in [3.8, 4) is 0 Å². The molecule has 1 aromatic rings. The van der Waals surface area contributed by atoms with Crippen molar-refractivity contribution < 1.29 is 13.2 Å². The summed E-state index contributed by atoms with van der Waals surface area (Å²) in [4.78, 5) is 15.1. The standard InChI is InChI=1S/C20H33N3O3S/c1-5-21-15-17-10-12-22(13-11-17)20(24)19-14-18(9-8-16(19)4)27(25,26)23(6-2)7-3/h8-9,14,17,21H,5-7,10-13,15H2,1-4H3. The Bertz CT molecular complexity index is 737. The van der Waals surface area contributed by atoms with Crippen LogP contribution in [0, 0.1) is 12.8 Å². The van der Waals surface area contributed by atoms with E-state index in [0.717, 1.165) is 44.6 Å². The molecular weight excluding hydrogens is 362 g/mol. The van der Waals surface area contributed by atoms with Gasteiger partial charge in [0.1, 0.15) is 0 Å². The van der Waals surface area contributed by atoms with E-state index in [4.69, 9.17) is 0 Å². The van der Waals surface area contributed by atoms with Crippen LogP contribution in [0.1, 0.15) is 49.5 Å². The number of nitrogens with one attached hydrogen (secondary N) is 1. The van der Waals surface area contributed by atoms with Crippen LogP contribution < -0.4 is 5.32 Å². The molecule has 1 heterocycles. The van der Waals surface area contributed by atoms with Crippen LogP contribution in [0.3, 0.4) is 0 Å². The number of carbonyl (C=O) groups is 1. The van der Waals surface area contributed by atoms with Crippen molar-refractivity contribution >= 4 is 15.9 Å². The average molecular weight is 396 g/mol. The molecule has 0 unspecified atom stereocenters. The van der Waals surface area contributed by atoms with Crippen LogP contribution in [0.4, 0.5) is 0 Å². The molecule has 1 N–H and O–H groups in total. The number of nitrogens with zero attached hydrogens (tertiary/aromatic N) is 2. The Morgan fingerprint density at radius 2 is 1.81 bits per heavy atom. The van der Waals surface area contributed by atoms with Gasteiger partial charge in [-0.2, -0.15) is 4.31 Å². The van der Waals surface area contributed by atoms with E-state index in [0.29, 0.717) is 24.6 Å². The summed E-state index contributed by atoms with van der Waals surface area (Å²) in [6.45, 7) is 11.8. The number of aryl methyl sites for hydroxylation is 1. The highest BCUT2D eigenvalue weighted by molar-refractivity contribution is 7.89. The van der Waals surface area contributed by atoms with Crippen LogP contribution in [0.2, 0.25) is 0 Å². The second-order valence-electron chi connectivity index (χ2n) is 7.11. The number of benzene rings is 1. The van der Waals surface area contributed by atoms with Crippen LogP contribution in [0.25, 0.3) is 0 Å². The molecule has 1 aliphatic rings. The second kappa shape index (κ2) is 9.66. The molecule has 152 valence electrons. The van der Waals surface area contributed by atoms with Crippen molar-refractivity contribution in [2.75, 3.05) is 39.3 Å². The fourth-order valence-corrected chi connectivity index (χ4v) is 5.05. The summed E-state index contributed by atoms with van der Waals surface area (Å²) in [5.74, 6) is 0.537. The monoisotopic (exact) mass is 395 g/mol. The van der Waals surface area contributed by atoms with Gasteiger partial charge >= 0.3 is 0 Å². The van der Waals surface area contributed by atoms with E-state index < -0.39 is 10.0 Å². The minimum atomic E-state index is -3.57. The van der Waals surface area contributed by atoms with Gasteiger partial charge in [0.15, 0.2) is 0 Å². The zero-order valence-electron chi connectivity index (χ0n) is 17.0. The Labute approximate surface area is 164 Å². The van der Waals surface area contributed by atoms with Crippen molar-refractivity contribution in [2.45, 2.75) is 45.4 Å². The molecule has 1 fully saturated rings. The lowest BCUT2D eigenvalue weighted by atomic mass is 9.96. The van der Waals surface area contributed by atoms with Gasteiger partial charge in [0.2, 0.25) is 10.0 Å². The van der Waals surface area contributed by atoms with Crippen molar-refractivity contribution in [2.24, 2.45) is 5.92 Å². The van der Waals surface area contributed by atoms with E-state index in [9.17, 15) is 13.2 Å². The first-order chi connectivity index (χ1) is 12.8.